The number of benzene rings is 1. The third-order valence-electron chi connectivity index (χ3n) is 3.80. The van der Waals surface area contributed by atoms with E-state index in [1.165, 1.54) is 24.8 Å². The zero-order chi connectivity index (χ0) is 14.4. The van der Waals surface area contributed by atoms with Crippen LogP contribution in [0.4, 0.5) is 0 Å². The lowest BCUT2D eigenvalue weighted by Gasteiger charge is -2.21. The van der Waals surface area contributed by atoms with Gasteiger partial charge in [0.25, 0.3) is 0 Å². The van der Waals surface area contributed by atoms with Crippen molar-refractivity contribution in [3.8, 4) is 0 Å². The van der Waals surface area contributed by atoms with Crippen molar-refractivity contribution < 1.29 is 14.6 Å². The van der Waals surface area contributed by atoms with Crippen LogP contribution in [0.2, 0.25) is 0 Å². The molecule has 0 saturated heterocycles. The lowest BCUT2D eigenvalue weighted by atomic mass is 9.98. The van der Waals surface area contributed by atoms with Crippen molar-refractivity contribution in [1.82, 2.24) is 0 Å². The Morgan fingerprint density at radius 2 is 2.00 bits per heavy atom. The molecule has 108 valence electrons. The lowest BCUT2D eigenvalue weighted by Crippen LogP contribution is -2.15. The summed E-state index contributed by atoms with van der Waals surface area (Å²) in [5.41, 5.74) is 2.66. The molecule has 0 spiro atoms. The minimum atomic E-state index is -0.892. The van der Waals surface area contributed by atoms with E-state index in [4.69, 9.17) is 9.84 Å². The molecule has 1 aromatic carbocycles. The molecule has 0 aromatic heterocycles. The van der Waals surface area contributed by atoms with Crippen molar-refractivity contribution in [1.29, 1.82) is 0 Å². The predicted molar refractivity (Wildman–Crippen MR) is 78.8 cm³/mol. The first kappa shape index (κ1) is 14.8. The molecule has 0 bridgehead atoms. The smallest absolute Gasteiger partial charge is 0.335 e. The van der Waals surface area contributed by atoms with Crippen molar-refractivity contribution in [2.75, 3.05) is 0 Å². The van der Waals surface area contributed by atoms with Gasteiger partial charge in [0, 0.05) is 0 Å². The summed E-state index contributed by atoms with van der Waals surface area (Å²) >= 11 is 0. The zero-order valence-electron chi connectivity index (χ0n) is 12.0. The molecule has 1 aromatic rings. The summed E-state index contributed by atoms with van der Waals surface area (Å²) in [6.45, 7) is 2.68. The van der Waals surface area contributed by atoms with Gasteiger partial charge in [0.2, 0.25) is 0 Å². The fourth-order valence-corrected chi connectivity index (χ4v) is 2.49. The second-order valence-corrected chi connectivity index (χ2v) is 5.39. The maximum atomic E-state index is 10.8. The first-order valence-electron chi connectivity index (χ1n) is 7.27. The highest BCUT2D eigenvalue weighted by Gasteiger charge is 2.13. The third kappa shape index (κ3) is 4.20. The number of hydrogen-bond donors (Lipinski definition) is 1. The number of allylic oxidation sites excluding steroid dienone is 1. The first-order valence-corrected chi connectivity index (χ1v) is 7.27. The van der Waals surface area contributed by atoms with Gasteiger partial charge in [0.15, 0.2) is 0 Å². The molecule has 1 N–H and O–H groups in total. The van der Waals surface area contributed by atoms with Crippen LogP contribution in [0.5, 0.6) is 0 Å². The van der Waals surface area contributed by atoms with E-state index in [0.717, 1.165) is 18.4 Å². The monoisotopic (exact) mass is 274 g/mol. The highest BCUT2D eigenvalue weighted by Crippen LogP contribution is 2.21. The van der Waals surface area contributed by atoms with Crippen LogP contribution in [0.3, 0.4) is 0 Å². The molecule has 0 radical (unpaired) electrons. The van der Waals surface area contributed by atoms with Gasteiger partial charge in [-0.05, 0) is 49.5 Å². The molecule has 0 amide bonds. The Morgan fingerprint density at radius 1 is 1.25 bits per heavy atom. The summed E-state index contributed by atoms with van der Waals surface area (Å²) in [6.07, 6.45) is 8.49. The Morgan fingerprint density at radius 3 is 2.70 bits per heavy atom. The number of ether oxygens (including phenoxy) is 1. The Bertz CT molecular complexity index is 474. The van der Waals surface area contributed by atoms with Crippen LogP contribution >= 0.6 is 0 Å². The van der Waals surface area contributed by atoms with Crippen molar-refractivity contribution in [2.24, 2.45) is 0 Å². The second kappa shape index (κ2) is 7.25. The number of aromatic carboxylic acids is 1. The minimum Gasteiger partial charge on any atom is -0.478 e. The minimum absolute atomic E-state index is 0.203. The summed E-state index contributed by atoms with van der Waals surface area (Å²) in [4.78, 5) is 10.8. The standard InChI is InChI=1S/C17H22O3/c1-13-6-4-2-3-5-7-16(13)20-12-14-8-10-15(11-9-14)17(18)19/h6,8-11,16H,2-5,7,12H2,1H3,(H,18,19)/b13-6-. The van der Waals surface area contributed by atoms with E-state index in [9.17, 15) is 4.79 Å². The fourth-order valence-electron chi connectivity index (χ4n) is 2.49. The summed E-state index contributed by atoms with van der Waals surface area (Å²) in [7, 11) is 0. The Kier molecular flexibility index (Phi) is 5.36. The molecular weight excluding hydrogens is 252 g/mol. The lowest BCUT2D eigenvalue weighted by molar-refractivity contribution is 0.0560. The number of carboxylic acid groups (broad SMARTS) is 1. The van der Waals surface area contributed by atoms with E-state index >= 15 is 0 Å². The van der Waals surface area contributed by atoms with Gasteiger partial charge in [0.1, 0.15) is 0 Å². The van der Waals surface area contributed by atoms with E-state index in [0.29, 0.717) is 12.2 Å². The van der Waals surface area contributed by atoms with Crippen LogP contribution in [-0.2, 0) is 11.3 Å². The van der Waals surface area contributed by atoms with Gasteiger partial charge in [-0.3, -0.25) is 0 Å². The van der Waals surface area contributed by atoms with Crippen molar-refractivity contribution in [3.05, 3.63) is 47.0 Å². The quantitative estimate of drug-likeness (QED) is 0.838. The van der Waals surface area contributed by atoms with E-state index in [2.05, 4.69) is 13.0 Å². The summed E-state index contributed by atoms with van der Waals surface area (Å²) in [5, 5.41) is 8.86. The van der Waals surface area contributed by atoms with Crippen molar-refractivity contribution >= 4 is 5.97 Å². The number of carboxylic acids is 1. The predicted octanol–water partition coefficient (Wildman–Crippen LogP) is 4.18. The molecule has 20 heavy (non-hydrogen) atoms. The van der Waals surface area contributed by atoms with Crippen LogP contribution in [0.1, 0.15) is 54.9 Å². The van der Waals surface area contributed by atoms with Crippen molar-refractivity contribution in [2.45, 2.75) is 51.7 Å². The van der Waals surface area contributed by atoms with E-state index < -0.39 is 5.97 Å². The Labute approximate surface area is 120 Å². The normalized spacial score (nSPS) is 22.4. The first-order chi connectivity index (χ1) is 9.66. The van der Waals surface area contributed by atoms with Gasteiger partial charge >= 0.3 is 5.97 Å². The van der Waals surface area contributed by atoms with E-state index in [-0.39, 0.29) is 6.10 Å². The molecule has 1 atom stereocenters. The molecule has 0 aliphatic heterocycles. The highest BCUT2D eigenvalue weighted by atomic mass is 16.5. The largest absolute Gasteiger partial charge is 0.478 e. The van der Waals surface area contributed by atoms with Gasteiger partial charge in [-0.1, -0.05) is 31.1 Å². The van der Waals surface area contributed by atoms with Crippen LogP contribution in [0, 0.1) is 0 Å². The van der Waals surface area contributed by atoms with E-state index in [1.807, 2.05) is 12.1 Å². The molecule has 1 unspecified atom stereocenters. The highest BCUT2D eigenvalue weighted by molar-refractivity contribution is 5.87. The topological polar surface area (TPSA) is 46.5 Å². The number of rotatable bonds is 4. The summed E-state index contributed by atoms with van der Waals surface area (Å²) in [5.74, 6) is -0.892. The molecule has 3 nitrogen and oxygen atoms in total. The fraction of sp³-hybridized carbons (Fsp3) is 0.471. The number of carbonyl (C=O) groups is 1. The maximum Gasteiger partial charge on any atom is 0.335 e. The Hall–Kier alpha value is -1.61. The van der Waals surface area contributed by atoms with Gasteiger partial charge in [-0.15, -0.1) is 0 Å². The molecule has 1 aliphatic carbocycles. The molecule has 0 heterocycles. The molecule has 2 rings (SSSR count). The van der Waals surface area contributed by atoms with Crippen molar-refractivity contribution in [3.63, 3.8) is 0 Å². The van der Waals surface area contributed by atoms with Gasteiger partial charge < -0.3 is 9.84 Å². The molecular formula is C17H22O3. The number of hydrogen-bond acceptors (Lipinski definition) is 2. The van der Waals surface area contributed by atoms with Gasteiger partial charge in [0.05, 0.1) is 18.3 Å². The van der Waals surface area contributed by atoms with Gasteiger partial charge in [-0.25, -0.2) is 4.79 Å². The molecule has 1 aliphatic rings. The summed E-state index contributed by atoms with van der Waals surface area (Å²) in [6, 6.07) is 6.90. The zero-order valence-corrected chi connectivity index (χ0v) is 12.0. The average molecular weight is 274 g/mol. The van der Waals surface area contributed by atoms with Crippen LogP contribution < -0.4 is 0 Å². The second-order valence-electron chi connectivity index (χ2n) is 5.39. The molecule has 0 fully saturated rings. The maximum absolute atomic E-state index is 10.8. The van der Waals surface area contributed by atoms with Crippen LogP contribution in [-0.4, -0.2) is 17.2 Å². The summed E-state index contributed by atoms with van der Waals surface area (Å²) < 4.78 is 6.00. The van der Waals surface area contributed by atoms with Crippen LogP contribution in [0.15, 0.2) is 35.9 Å². The third-order valence-corrected chi connectivity index (χ3v) is 3.80. The van der Waals surface area contributed by atoms with E-state index in [1.54, 1.807) is 12.1 Å². The molecule has 0 saturated carbocycles. The van der Waals surface area contributed by atoms with Gasteiger partial charge in [-0.2, -0.15) is 0 Å². The SMILES string of the molecule is C/C1=C/CCCCCC1OCc1ccc(C(=O)O)cc1. The molecule has 3 heteroatoms. The van der Waals surface area contributed by atoms with Crippen LogP contribution in [0.25, 0.3) is 0 Å². The Balaban J connectivity index is 1.93. The average Bonchev–Trinajstić information content (AvgIpc) is 2.43.